The summed E-state index contributed by atoms with van der Waals surface area (Å²) in [6.07, 6.45) is 1.32. The monoisotopic (exact) mass is 377 g/mol. The van der Waals surface area contributed by atoms with Crippen molar-refractivity contribution in [3.8, 4) is 6.07 Å². The van der Waals surface area contributed by atoms with Gasteiger partial charge in [-0.25, -0.2) is 8.42 Å². The summed E-state index contributed by atoms with van der Waals surface area (Å²) < 4.78 is 25.0. The average molecular weight is 378 g/mol. The Hall–Kier alpha value is -2.56. The van der Waals surface area contributed by atoms with Gasteiger partial charge in [0, 0.05) is 10.7 Å². The molecule has 1 N–H and O–H groups in total. The molecule has 0 bridgehead atoms. The number of hydrogen-bond acceptors (Lipinski definition) is 4. The van der Waals surface area contributed by atoms with Crippen molar-refractivity contribution in [3.63, 3.8) is 0 Å². The molecule has 2 aromatic rings. The summed E-state index contributed by atoms with van der Waals surface area (Å²) in [5, 5.41) is 11.8. The molecule has 0 saturated heterocycles. The lowest BCUT2D eigenvalue weighted by molar-refractivity contribution is -0.114. The number of nitrogens with one attached hydrogen (secondary N) is 1. The van der Waals surface area contributed by atoms with E-state index >= 15 is 0 Å². The quantitative estimate of drug-likeness (QED) is 0.838. The third-order valence-electron chi connectivity index (χ3n) is 3.32. The van der Waals surface area contributed by atoms with Gasteiger partial charge in [0.2, 0.25) is 15.9 Å². The smallest absolute Gasteiger partial charge is 0.245 e. The number of carbonyl (C=O) groups excluding carboxylic acids is 1. The van der Waals surface area contributed by atoms with E-state index < -0.39 is 15.9 Å². The molecular formula is C17H16ClN3O3S. The number of halogens is 1. The van der Waals surface area contributed by atoms with E-state index in [0.29, 0.717) is 16.4 Å². The van der Waals surface area contributed by atoms with Crippen LogP contribution < -0.4 is 9.62 Å². The van der Waals surface area contributed by atoms with Crippen LogP contribution in [0.4, 0.5) is 11.4 Å². The summed E-state index contributed by atoms with van der Waals surface area (Å²) in [5.41, 5.74) is 1.71. The molecule has 1 amide bonds. The maximum Gasteiger partial charge on any atom is 0.245 e. The minimum absolute atomic E-state index is 0.284. The molecule has 130 valence electrons. The Labute approximate surface area is 151 Å². The lowest BCUT2D eigenvalue weighted by Crippen LogP contribution is -2.37. The van der Waals surface area contributed by atoms with Crippen LogP contribution in [0.2, 0.25) is 5.02 Å². The van der Waals surface area contributed by atoms with Crippen molar-refractivity contribution in [2.75, 3.05) is 22.4 Å². The van der Waals surface area contributed by atoms with E-state index in [-0.39, 0.29) is 13.0 Å². The predicted molar refractivity (Wildman–Crippen MR) is 98.0 cm³/mol. The highest BCUT2D eigenvalue weighted by molar-refractivity contribution is 7.92. The van der Waals surface area contributed by atoms with Crippen LogP contribution in [0, 0.1) is 11.3 Å². The predicted octanol–water partition coefficient (Wildman–Crippen LogP) is 2.81. The van der Waals surface area contributed by atoms with Gasteiger partial charge in [-0.1, -0.05) is 23.7 Å². The van der Waals surface area contributed by atoms with Gasteiger partial charge in [0.1, 0.15) is 6.54 Å². The lowest BCUT2D eigenvalue weighted by Gasteiger charge is -2.22. The zero-order chi connectivity index (χ0) is 18.4. The van der Waals surface area contributed by atoms with E-state index in [1.165, 1.54) is 12.1 Å². The molecule has 25 heavy (non-hydrogen) atoms. The summed E-state index contributed by atoms with van der Waals surface area (Å²) in [4.78, 5) is 12.2. The van der Waals surface area contributed by atoms with Gasteiger partial charge < -0.3 is 5.32 Å². The first-order chi connectivity index (χ1) is 11.8. The number of sulfonamides is 1. The van der Waals surface area contributed by atoms with Gasteiger partial charge in [0.25, 0.3) is 0 Å². The first-order valence-electron chi connectivity index (χ1n) is 7.28. The Morgan fingerprint density at radius 3 is 2.28 bits per heavy atom. The highest BCUT2D eigenvalue weighted by atomic mass is 35.5. The fourth-order valence-corrected chi connectivity index (χ4v) is 3.12. The van der Waals surface area contributed by atoms with Crippen LogP contribution in [0.25, 0.3) is 0 Å². The molecule has 6 nitrogen and oxygen atoms in total. The number of nitriles is 1. The third-order valence-corrected chi connectivity index (χ3v) is 4.72. The van der Waals surface area contributed by atoms with Crippen LogP contribution >= 0.6 is 11.6 Å². The first kappa shape index (κ1) is 18.8. The minimum atomic E-state index is -3.64. The Morgan fingerprint density at radius 1 is 1.16 bits per heavy atom. The number of carbonyl (C=O) groups is 1. The fraction of sp³-hybridized carbons (Fsp3) is 0.176. The Bertz CT molecular complexity index is 888. The van der Waals surface area contributed by atoms with Crippen LogP contribution in [0.1, 0.15) is 5.56 Å². The molecule has 2 rings (SSSR count). The van der Waals surface area contributed by atoms with Gasteiger partial charge in [0.05, 0.1) is 24.4 Å². The summed E-state index contributed by atoms with van der Waals surface area (Å²) in [5.74, 6) is -0.478. The number of rotatable bonds is 6. The molecule has 8 heteroatoms. The van der Waals surface area contributed by atoms with Crippen molar-refractivity contribution >= 4 is 38.9 Å². The van der Waals surface area contributed by atoms with Gasteiger partial charge in [-0.05, 0) is 42.0 Å². The highest BCUT2D eigenvalue weighted by Gasteiger charge is 2.20. The van der Waals surface area contributed by atoms with E-state index in [0.717, 1.165) is 16.1 Å². The molecule has 0 spiro atoms. The molecule has 2 aromatic carbocycles. The highest BCUT2D eigenvalue weighted by Crippen LogP contribution is 2.20. The zero-order valence-electron chi connectivity index (χ0n) is 13.4. The van der Waals surface area contributed by atoms with Gasteiger partial charge in [-0.15, -0.1) is 0 Å². The van der Waals surface area contributed by atoms with Gasteiger partial charge in [-0.2, -0.15) is 5.26 Å². The second-order valence-electron chi connectivity index (χ2n) is 5.33. The Kier molecular flexibility index (Phi) is 6.02. The van der Waals surface area contributed by atoms with E-state index in [1.54, 1.807) is 36.4 Å². The standard InChI is InChI=1S/C17H16ClN3O3S/c1-25(23,24)21(16-8-4-14(18)5-9-16)12-17(22)20-15-6-2-13(3-7-15)10-11-19/h2-9H,10,12H2,1H3,(H,20,22). The molecular weight excluding hydrogens is 362 g/mol. The van der Waals surface area contributed by atoms with E-state index in [4.69, 9.17) is 16.9 Å². The molecule has 0 radical (unpaired) electrons. The van der Waals surface area contributed by atoms with Crippen molar-refractivity contribution in [2.45, 2.75) is 6.42 Å². The van der Waals surface area contributed by atoms with Crippen molar-refractivity contribution in [1.82, 2.24) is 0 Å². The number of hydrogen-bond donors (Lipinski definition) is 1. The Morgan fingerprint density at radius 2 is 1.76 bits per heavy atom. The molecule has 0 saturated carbocycles. The fourth-order valence-electron chi connectivity index (χ4n) is 2.14. The molecule has 0 atom stereocenters. The van der Waals surface area contributed by atoms with Crippen molar-refractivity contribution in [2.24, 2.45) is 0 Å². The van der Waals surface area contributed by atoms with E-state index in [9.17, 15) is 13.2 Å². The summed E-state index contributed by atoms with van der Waals surface area (Å²) in [6, 6.07) is 15.0. The molecule has 0 aliphatic rings. The van der Waals surface area contributed by atoms with E-state index in [1.807, 2.05) is 6.07 Å². The maximum absolute atomic E-state index is 12.2. The second-order valence-corrected chi connectivity index (χ2v) is 7.67. The van der Waals surface area contributed by atoms with Crippen molar-refractivity contribution < 1.29 is 13.2 Å². The number of amides is 1. The van der Waals surface area contributed by atoms with E-state index in [2.05, 4.69) is 5.32 Å². The van der Waals surface area contributed by atoms with Crippen LogP contribution in [0.15, 0.2) is 48.5 Å². The largest absolute Gasteiger partial charge is 0.325 e. The van der Waals surface area contributed by atoms with Crippen molar-refractivity contribution in [3.05, 3.63) is 59.1 Å². The summed E-state index contributed by atoms with van der Waals surface area (Å²) >= 11 is 5.81. The molecule has 0 aliphatic carbocycles. The molecule has 0 aromatic heterocycles. The summed E-state index contributed by atoms with van der Waals surface area (Å²) in [7, 11) is -3.64. The number of nitrogens with zero attached hydrogens (tertiary/aromatic N) is 2. The summed E-state index contributed by atoms with van der Waals surface area (Å²) in [6.45, 7) is -0.361. The van der Waals surface area contributed by atoms with Gasteiger partial charge >= 0.3 is 0 Å². The number of anilines is 2. The lowest BCUT2D eigenvalue weighted by atomic mass is 10.1. The zero-order valence-corrected chi connectivity index (χ0v) is 15.0. The average Bonchev–Trinajstić information content (AvgIpc) is 2.55. The first-order valence-corrected chi connectivity index (χ1v) is 9.51. The molecule has 0 aliphatic heterocycles. The molecule has 0 heterocycles. The Balaban J connectivity index is 2.12. The van der Waals surface area contributed by atoms with Crippen molar-refractivity contribution in [1.29, 1.82) is 5.26 Å². The SMILES string of the molecule is CS(=O)(=O)N(CC(=O)Nc1ccc(CC#N)cc1)c1ccc(Cl)cc1. The van der Waals surface area contributed by atoms with Crippen LogP contribution in [-0.2, 0) is 21.2 Å². The minimum Gasteiger partial charge on any atom is -0.325 e. The van der Waals surface area contributed by atoms with Crippen LogP contribution in [0.5, 0.6) is 0 Å². The topological polar surface area (TPSA) is 90.3 Å². The van der Waals surface area contributed by atoms with Gasteiger partial charge in [-0.3, -0.25) is 9.10 Å². The van der Waals surface area contributed by atoms with Crippen LogP contribution in [-0.4, -0.2) is 27.1 Å². The maximum atomic E-state index is 12.2. The number of benzene rings is 2. The third kappa shape index (κ3) is 5.48. The molecule has 0 unspecified atom stereocenters. The molecule has 0 fully saturated rings. The van der Waals surface area contributed by atoms with Gasteiger partial charge in [0.15, 0.2) is 0 Å². The second kappa shape index (κ2) is 8.01. The van der Waals surface area contributed by atoms with Crippen LogP contribution in [0.3, 0.4) is 0 Å². The normalized spacial score (nSPS) is 10.8.